The van der Waals surface area contributed by atoms with Gasteiger partial charge in [-0.15, -0.1) is 0 Å². The highest BCUT2D eigenvalue weighted by molar-refractivity contribution is 9.09. The van der Waals surface area contributed by atoms with Gasteiger partial charge in [0.2, 0.25) is 0 Å². The zero-order chi connectivity index (χ0) is 13.7. The molecule has 0 fully saturated rings. The minimum absolute atomic E-state index is 0.0288. The molecule has 0 heterocycles. The minimum atomic E-state index is -0.0720. The summed E-state index contributed by atoms with van der Waals surface area (Å²) in [4.78, 5) is 11.6. The van der Waals surface area contributed by atoms with E-state index in [1.54, 1.807) is 0 Å². The molecule has 0 aromatic carbocycles. The van der Waals surface area contributed by atoms with Crippen LogP contribution in [0.3, 0.4) is 0 Å². The van der Waals surface area contributed by atoms with Crippen LogP contribution in [0.5, 0.6) is 0 Å². The number of rotatable bonds is 7. The Bertz CT molecular complexity index is 247. The maximum atomic E-state index is 11.6. The lowest BCUT2D eigenvalue weighted by Gasteiger charge is -2.35. The van der Waals surface area contributed by atoms with E-state index in [4.69, 9.17) is 4.74 Å². The van der Waals surface area contributed by atoms with Crippen LogP contribution in [0, 0.1) is 16.7 Å². The Morgan fingerprint density at radius 2 is 1.76 bits per heavy atom. The molecule has 17 heavy (non-hydrogen) atoms. The predicted molar refractivity (Wildman–Crippen MR) is 76.4 cm³/mol. The number of hydrogen-bond donors (Lipinski definition) is 0. The Balaban J connectivity index is 4.56. The van der Waals surface area contributed by atoms with Gasteiger partial charge in [-0.2, -0.15) is 0 Å². The van der Waals surface area contributed by atoms with Crippen molar-refractivity contribution in [3.63, 3.8) is 0 Å². The molecule has 0 aliphatic rings. The molecule has 0 amide bonds. The van der Waals surface area contributed by atoms with E-state index in [2.05, 4.69) is 43.6 Å². The second kappa shape index (κ2) is 6.77. The van der Waals surface area contributed by atoms with E-state index in [1.165, 1.54) is 7.11 Å². The minimum Gasteiger partial charge on any atom is -0.469 e. The third-order valence-electron chi connectivity index (χ3n) is 3.15. The van der Waals surface area contributed by atoms with Gasteiger partial charge in [-0.3, -0.25) is 4.79 Å². The predicted octanol–water partition coefficient (Wildman–Crippen LogP) is 4.41. The maximum Gasteiger partial charge on any atom is 0.308 e. The summed E-state index contributed by atoms with van der Waals surface area (Å²) in [6.45, 7) is 11.0. The molecule has 2 nitrogen and oxygen atoms in total. The van der Waals surface area contributed by atoms with Gasteiger partial charge in [-0.05, 0) is 30.1 Å². The van der Waals surface area contributed by atoms with Crippen LogP contribution in [0.4, 0.5) is 0 Å². The molecule has 1 atom stereocenters. The van der Waals surface area contributed by atoms with Crippen LogP contribution in [0.2, 0.25) is 0 Å². The third kappa shape index (κ3) is 6.44. The standard InChI is InChI=1S/C14H27BrO2/c1-7-11(12(16)17-6)8-13(2,3)9-14(4,5)10-15/h11H,7-10H2,1-6H3. The van der Waals surface area contributed by atoms with E-state index in [0.717, 1.165) is 24.6 Å². The number of carbonyl (C=O) groups excluding carboxylic acids is 1. The van der Waals surface area contributed by atoms with E-state index < -0.39 is 0 Å². The summed E-state index contributed by atoms with van der Waals surface area (Å²) in [6, 6.07) is 0. The maximum absolute atomic E-state index is 11.6. The van der Waals surface area contributed by atoms with Crippen LogP contribution in [0.1, 0.15) is 53.9 Å². The Hall–Kier alpha value is -0.0500. The number of hydrogen-bond acceptors (Lipinski definition) is 2. The fraction of sp³-hybridized carbons (Fsp3) is 0.929. The van der Waals surface area contributed by atoms with Crippen molar-refractivity contribution in [3.8, 4) is 0 Å². The van der Waals surface area contributed by atoms with Gasteiger partial charge in [0.1, 0.15) is 0 Å². The fourth-order valence-electron chi connectivity index (χ4n) is 2.64. The zero-order valence-electron chi connectivity index (χ0n) is 12.1. The van der Waals surface area contributed by atoms with Crippen LogP contribution >= 0.6 is 15.9 Å². The Kier molecular flexibility index (Phi) is 6.75. The summed E-state index contributed by atoms with van der Waals surface area (Å²) in [5.74, 6) is -0.0432. The SMILES string of the molecule is CCC(CC(C)(C)CC(C)(C)CBr)C(=O)OC. The zero-order valence-corrected chi connectivity index (χ0v) is 13.7. The van der Waals surface area contributed by atoms with Crippen molar-refractivity contribution >= 4 is 21.9 Å². The molecule has 0 aliphatic heterocycles. The van der Waals surface area contributed by atoms with Crippen molar-refractivity contribution in [1.29, 1.82) is 0 Å². The summed E-state index contributed by atoms with van der Waals surface area (Å²) < 4.78 is 4.86. The van der Waals surface area contributed by atoms with E-state index in [-0.39, 0.29) is 22.7 Å². The van der Waals surface area contributed by atoms with Crippen LogP contribution in [-0.4, -0.2) is 18.4 Å². The van der Waals surface area contributed by atoms with Crippen LogP contribution in [-0.2, 0) is 9.53 Å². The first kappa shape index (κ1) is 16.9. The average molecular weight is 307 g/mol. The lowest BCUT2D eigenvalue weighted by atomic mass is 9.71. The monoisotopic (exact) mass is 306 g/mol. The van der Waals surface area contributed by atoms with Gasteiger partial charge in [0.25, 0.3) is 0 Å². The third-order valence-corrected chi connectivity index (χ3v) is 4.66. The van der Waals surface area contributed by atoms with Crippen molar-refractivity contribution in [3.05, 3.63) is 0 Å². The molecule has 0 aliphatic carbocycles. The number of ether oxygens (including phenoxy) is 1. The summed E-state index contributed by atoms with van der Waals surface area (Å²) in [5.41, 5.74) is 0.421. The number of halogens is 1. The molecule has 1 unspecified atom stereocenters. The Morgan fingerprint density at radius 3 is 2.12 bits per heavy atom. The first-order valence-electron chi connectivity index (χ1n) is 6.31. The molecule has 102 valence electrons. The quantitative estimate of drug-likeness (QED) is 0.514. The molecule has 0 radical (unpaired) electrons. The Labute approximate surface area is 115 Å². The number of carbonyl (C=O) groups is 1. The molecule has 3 heteroatoms. The molecule has 0 N–H and O–H groups in total. The number of alkyl halides is 1. The smallest absolute Gasteiger partial charge is 0.308 e. The summed E-state index contributed by atoms with van der Waals surface area (Å²) in [6.07, 6.45) is 2.84. The molecule has 0 aromatic rings. The van der Waals surface area contributed by atoms with E-state index in [1.807, 2.05) is 6.92 Å². The second-order valence-electron chi connectivity index (χ2n) is 6.47. The van der Waals surface area contributed by atoms with E-state index >= 15 is 0 Å². The molecule has 0 saturated carbocycles. The van der Waals surface area contributed by atoms with Crippen molar-refractivity contribution in [1.82, 2.24) is 0 Å². The van der Waals surface area contributed by atoms with E-state index in [0.29, 0.717) is 0 Å². The van der Waals surface area contributed by atoms with Crippen molar-refractivity contribution in [2.45, 2.75) is 53.9 Å². The highest BCUT2D eigenvalue weighted by atomic mass is 79.9. The lowest BCUT2D eigenvalue weighted by Crippen LogP contribution is -2.29. The number of methoxy groups -OCH3 is 1. The highest BCUT2D eigenvalue weighted by Gasteiger charge is 2.32. The van der Waals surface area contributed by atoms with Crippen molar-refractivity contribution < 1.29 is 9.53 Å². The summed E-state index contributed by atoms with van der Waals surface area (Å²) in [7, 11) is 1.47. The van der Waals surface area contributed by atoms with Gasteiger partial charge in [0.15, 0.2) is 0 Å². The van der Waals surface area contributed by atoms with E-state index in [9.17, 15) is 4.79 Å². The largest absolute Gasteiger partial charge is 0.469 e. The van der Waals surface area contributed by atoms with Crippen molar-refractivity contribution in [2.24, 2.45) is 16.7 Å². The molecule has 0 rings (SSSR count). The topological polar surface area (TPSA) is 26.3 Å². The summed E-state index contributed by atoms with van der Waals surface area (Å²) >= 11 is 3.56. The second-order valence-corrected chi connectivity index (χ2v) is 7.03. The van der Waals surface area contributed by atoms with Crippen molar-refractivity contribution in [2.75, 3.05) is 12.4 Å². The molecule has 0 spiro atoms. The van der Waals surface area contributed by atoms with Crippen LogP contribution in [0.15, 0.2) is 0 Å². The molecule has 0 saturated heterocycles. The van der Waals surface area contributed by atoms with Crippen LogP contribution in [0.25, 0.3) is 0 Å². The molecule has 0 aromatic heterocycles. The Morgan fingerprint density at radius 1 is 1.24 bits per heavy atom. The molecular formula is C14H27BrO2. The first-order valence-corrected chi connectivity index (χ1v) is 7.43. The van der Waals surface area contributed by atoms with Gasteiger partial charge >= 0.3 is 5.97 Å². The highest BCUT2D eigenvalue weighted by Crippen LogP contribution is 2.39. The van der Waals surface area contributed by atoms with Gasteiger partial charge in [0.05, 0.1) is 13.0 Å². The van der Waals surface area contributed by atoms with Gasteiger partial charge < -0.3 is 4.74 Å². The van der Waals surface area contributed by atoms with Gasteiger partial charge in [-0.1, -0.05) is 50.5 Å². The normalized spacial score (nSPS) is 14.5. The lowest BCUT2D eigenvalue weighted by molar-refractivity contribution is -0.146. The number of esters is 1. The van der Waals surface area contributed by atoms with Gasteiger partial charge in [0, 0.05) is 5.33 Å². The molecule has 0 bridgehead atoms. The van der Waals surface area contributed by atoms with Crippen LogP contribution < -0.4 is 0 Å². The van der Waals surface area contributed by atoms with Gasteiger partial charge in [-0.25, -0.2) is 0 Å². The fourth-order valence-corrected chi connectivity index (χ4v) is 2.84. The first-order chi connectivity index (χ1) is 7.67. The average Bonchev–Trinajstić information content (AvgIpc) is 2.23. The summed E-state index contributed by atoms with van der Waals surface area (Å²) in [5, 5.41) is 0.985. The molecular weight excluding hydrogens is 280 g/mol.